The maximum atomic E-state index is 13.5. The Morgan fingerprint density at radius 2 is 1.19 bits per heavy atom. The van der Waals surface area contributed by atoms with Crippen molar-refractivity contribution in [3.05, 3.63) is 178 Å². The lowest BCUT2D eigenvalue weighted by molar-refractivity contribution is 0.0228. The Balaban J connectivity index is 0.000000177. The zero-order chi connectivity index (χ0) is 54.6. The highest BCUT2D eigenvalue weighted by Crippen LogP contribution is 2.55. The van der Waals surface area contributed by atoms with Gasteiger partial charge in [-0.25, -0.2) is 9.59 Å². The van der Waals surface area contributed by atoms with Crippen LogP contribution in [0.15, 0.2) is 122 Å². The maximum Gasteiger partial charge on any atom is 0.341 e. The lowest BCUT2D eigenvalue weighted by atomic mass is 9.80. The summed E-state index contributed by atoms with van der Waals surface area (Å²) in [5.41, 5.74) is 9.61. The second kappa shape index (κ2) is 23.2. The molecular formula is C66H76N6O6. The monoisotopic (exact) mass is 1050 g/mol. The van der Waals surface area contributed by atoms with Gasteiger partial charge >= 0.3 is 11.9 Å². The van der Waals surface area contributed by atoms with Crippen LogP contribution in [0.3, 0.4) is 0 Å². The van der Waals surface area contributed by atoms with Crippen LogP contribution in [0.5, 0.6) is 11.5 Å². The molecule has 78 heavy (non-hydrogen) atoms. The molecule has 4 aromatic carbocycles. The maximum absolute atomic E-state index is 13.5. The largest absolute Gasteiger partial charge is 0.496 e. The number of cyclic esters (lactones) is 2. The third-order valence-electron chi connectivity index (χ3n) is 16.6. The van der Waals surface area contributed by atoms with E-state index in [1.807, 2.05) is 36.4 Å². The van der Waals surface area contributed by atoms with Crippen molar-refractivity contribution >= 4 is 45.1 Å². The van der Waals surface area contributed by atoms with E-state index >= 15 is 0 Å². The van der Waals surface area contributed by atoms with Crippen LogP contribution in [0, 0.1) is 19.8 Å². The lowest BCUT2D eigenvalue weighted by Crippen LogP contribution is -2.32. The van der Waals surface area contributed by atoms with Crippen molar-refractivity contribution in [3.8, 4) is 11.5 Å². The molecule has 2 unspecified atom stereocenters. The minimum absolute atomic E-state index is 0.363. The Hall–Kier alpha value is -7.60. The number of methoxy groups -OCH3 is 1. The van der Waals surface area contributed by atoms with Gasteiger partial charge in [0.25, 0.3) is 0 Å². The molecule has 0 bridgehead atoms. The first-order valence-electron chi connectivity index (χ1n) is 28.6. The summed E-state index contributed by atoms with van der Waals surface area (Å²) in [5, 5.41) is 5.73. The van der Waals surface area contributed by atoms with Crippen molar-refractivity contribution < 1.29 is 28.5 Å². The van der Waals surface area contributed by atoms with Gasteiger partial charge in [-0.1, -0.05) is 81.8 Å². The minimum atomic E-state index is -1.24. The zero-order valence-corrected chi connectivity index (χ0v) is 46.9. The Morgan fingerprint density at radius 1 is 0.641 bits per heavy atom. The van der Waals surface area contributed by atoms with E-state index in [1.165, 1.54) is 44.9 Å². The smallest absolute Gasteiger partial charge is 0.341 e. The third kappa shape index (κ3) is 9.34. The molecule has 2 aliphatic heterocycles. The molecular weight excluding hydrogens is 973 g/mol. The van der Waals surface area contributed by atoms with E-state index in [4.69, 9.17) is 28.9 Å². The molecule has 1 aliphatic carbocycles. The first-order chi connectivity index (χ1) is 38.1. The van der Waals surface area contributed by atoms with Crippen LogP contribution in [0.4, 0.5) is 11.4 Å². The van der Waals surface area contributed by atoms with E-state index in [0.717, 1.165) is 118 Å². The fourth-order valence-electron chi connectivity index (χ4n) is 12.9. The van der Waals surface area contributed by atoms with Crippen LogP contribution in [0.2, 0.25) is 0 Å². The number of carbonyl (C=O) groups excluding carboxylic acids is 2. The molecule has 12 nitrogen and oxygen atoms in total. The summed E-state index contributed by atoms with van der Waals surface area (Å²) >= 11 is 0. The van der Waals surface area contributed by atoms with Gasteiger partial charge in [0.15, 0.2) is 0 Å². The molecule has 1 saturated carbocycles. The number of anilines is 2. The van der Waals surface area contributed by atoms with Gasteiger partial charge in [-0.05, 0) is 127 Å². The van der Waals surface area contributed by atoms with Crippen LogP contribution in [0.25, 0.3) is 21.8 Å². The van der Waals surface area contributed by atoms with Gasteiger partial charge < -0.3 is 38.3 Å². The van der Waals surface area contributed by atoms with Gasteiger partial charge in [-0.15, -0.1) is 0 Å². The standard InChI is InChI=1S/C34H41N3O3.C32H35N3O3/c1-6-10-11-14-22-39-30-23-25(36(7-2)8-3)19-20-28(30)34(32-27(33(38)40-34)17-15-21-35-32)31-24(5)37(9-4)29-18-13-12-16-26(29)31;1-4-35-21(2)29(24-13-8-9-15-27(24)35)32(30-25(31(36)38-32)14-10-18-33-30)26-17-16-23(19-28(26)37-3)34-20-22-11-6-5-7-12-22/h12-13,15-21,23H,6-11,14,22H2,1-5H3;8-10,13-19,22,34H,4-7,11-12,20H2,1-3H3. The number of hydrogen-bond donors (Lipinski definition) is 1. The predicted molar refractivity (Wildman–Crippen MR) is 311 cm³/mol. The van der Waals surface area contributed by atoms with Crippen molar-refractivity contribution in [1.82, 2.24) is 19.1 Å². The molecule has 1 fully saturated rings. The molecule has 0 radical (unpaired) electrons. The number of para-hydroxylation sites is 2. The molecule has 1 N–H and O–H groups in total. The molecule has 0 saturated heterocycles. The molecule has 0 amide bonds. The molecule has 3 aliphatic rings. The van der Waals surface area contributed by atoms with Gasteiger partial charge in [0, 0.05) is 124 Å². The number of pyridine rings is 2. The highest BCUT2D eigenvalue weighted by molar-refractivity contribution is 5.99. The quantitative estimate of drug-likeness (QED) is 0.0619. The van der Waals surface area contributed by atoms with Crippen molar-refractivity contribution in [2.24, 2.45) is 5.92 Å². The van der Waals surface area contributed by atoms with Gasteiger partial charge in [0.2, 0.25) is 11.2 Å². The number of benzene rings is 4. The molecule has 6 heterocycles. The SMILES string of the molecule is CCCCCCOc1cc(N(CC)CC)ccc1C1(c2c(C)n(CC)c3ccccc23)OC(=O)c2cccnc21.CCn1c(C)c(C2(c3ccc(NCC4CCCCC4)cc3OC)OC(=O)c3cccnc32)c2ccccc21. The van der Waals surface area contributed by atoms with Crippen molar-refractivity contribution in [1.29, 1.82) is 0 Å². The summed E-state index contributed by atoms with van der Waals surface area (Å²) in [6.07, 6.45) is 14.5. The van der Waals surface area contributed by atoms with Crippen molar-refractivity contribution in [3.63, 3.8) is 0 Å². The Kier molecular flexibility index (Phi) is 16.0. The molecule has 0 spiro atoms. The molecule has 8 aromatic rings. The number of hydrogen-bond acceptors (Lipinski definition) is 10. The fraction of sp³-hybridized carbons (Fsp3) is 0.394. The average Bonchev–Trinajstić information content (AvgIpc) is 4.19. The van der Waals surface area contributed by atoms with Crippen molar-refractivity contribution in [2.45, 2.75) is 131 Å². The predicted octanol–water partition coefficient (Wildman–Crippen LogP) is 14.5. The summed E-state index contributed by atoms with van der Waals surface area (Å²) in [6, 6.07) is 36.3. The number of nitrogens with one attached hydrogen (secondary N) is 1. The summed E-state index contributed by atoms with van der Waals surface area (Å²) in [6.45, 7) is 20.0. The topological polar surface area (TPSA) is 122 Å². The highest BCUT2D eigenvalue weighted by Gasteiger charge is 2.55. The highest BCUT2D eigenvalue weighted by atomic mass is 16.6. The number of fused-ring (bicyclic) bond motifs is 4. The normalized spacial score (nSPS) is 17.8. The Bertz CT molecular complexity index is 3460. The number of nitrogens with zero attached hydrogens (tertiary/aromatic N) is 5. The van der Waals surface area contributed by atoms with Gasteiger partial charge in [-0.3, -0.25) is 9.97 Å². The van der Waals surface area contributed by atoms with Crippen LogP contribution in [0.1, 0.15) is 158 Å². The molecule has 2 atom stereocenters. The van der Waals surface area contributed by atoms with Gasteiger partial charge in [0.05, 0.1) is 24.8 Å². The molecule has 12 heteroatoms. The number of rotatable bonds is 19. The first kappa shape index (κ1) is 53.8. The second-order valence-corrected chi connectivity index (χ2v) is 20.9. The van der Waals surface area contributed by atoms with Crippen LogP contribution < -0.4 is 19.7 Å². The average molecular weight is 1050 g/mol. The minimum Gasteiger partial charge on any atom is -0.496 e. The summed E-state index contributed by atoms with van der Waals surface area (Å²) in [7, 11) is 1.68. The lowest BCUT2D eigenvalue weighted by Gasteiger charge is -2.32. The molecule has 4 aromatic heterocycles. The van der Waals surface area contributed by atoms with Crippen molar-refractivity contribution in [2.75, 3.05) is 43.6 Å². The zero-order valence-electron chi connectivity index (χ0n) is 46.9. The van der Waals surface area contributed by atoms with E-state index in [9.17, 15) is 9.59 Å². The number of unbranched alkanes of at least 4 members (excludes halogenated alkanes) is 3. The summed E-state index contributed by atoms with van der Waals surface area (Å²) in [5.74, 6) is 1.37. The van der Waals surface area contributed by atoms with E-state index in [-0.39, 0.29) is 11.9 Å². The Morgan fingerprint density at radius 3 is 1.73 bits per heavy atom. The summed E-state index contributed by atoms with van der Waals surface area (Å²) in [4.78, 5) is 38.8. The third-order valence-corrected chi connectivity index (χ3v) is 16.6. The number of aromatic nitrogens is 4. The molecule has 11 rings (SSSR count). The molecule has 406 valence electrons. The Labute approximate surface area is 460 Å². The van der Waals surface area contributed by atoms with Crippen LogP contribution in [-0.2, 0) is 33.8 Å². The van der Waals surface area contributed by atoms with E-state index in [1.54, 1.807) is 37.7 Å². The van der Waals surface area contributed by atoms with E-state index in [0.29, 0.717) is 40.8 Å². The number of ether oxygens (including phenoxy) is 4. The van der Waals surface area contributed by atoms with Gasteiger partial charge in [-0.2, -0.15) is 0 Å². The second-order valence-electron chi connectivity index (χ2n) is 20.9. The number of carbonyl (C=O) groups is 2. The van der Waals surface area contributed by atoms with Crippen LogP contribution >= 0.6 is 0 Å². The van der Waals surface area contributed by atoms with Gasteiger partial charge in [0.1, 0.15) is 22.9 Å². The fourth-order valence-corrected chi connectivity index (χ4v) is 12.9. The van der Waals surface area contributed by atoms with E-state index in [2.05, 4.69) is 122 Å². The number of esters is 2. The first-order valence-corrected chi connectivity index (χ1v) is 28.6. The summed E-state index contributed by atoms with van der Waals surface area (Å²) < 4.78 is 30.2. The van der Waals surface area contributed by atoms with Crippen LogP contribution in [-0.4, -0.2) is 64.4 Å². The van der Waals surface area contributed by atoms with E-state index < -0.39 is 11.2 Å². The number of aryl methyl sites for hydroxylation is 2.